The van der Waals surface area contributed by atoms with Gasteiger partial charge in [0.15, 0.2) is 0 Å². The van der Waals surface area contributed by atoms with Gasteiger partial charge in [-0.25, -0.2) is 4.79 Å². The van der Waals surface area contributed by atoms with Gasteiger partial charge in [0, 0.05) is 12.6 Å². The van der Waals surface area contributed by atoms with Gasteiger partial charge in [-0.2, -0.15) is 0 Å². The van der Waals surface area contributed by atoms with Crippen LogP contribution in [0.3, 0.4) is 0 Å². The monoisotopic (exact) mass is 304 g/mol. The van der Waals surface area contributed by atoms with Crippen LogP contribution in [0.15, 0.2) is 24.3 Å². The molecule has 1 aromatic carbocycles. The maximum absolute atomic E-state index is 11.9. The Morgan fingerprint density at radius 2 is 1.68 bits per heavy atom. The largest absolute Gasteiger partial charge is 0.508 e. The molecule has 2 amide bonds. The molecule has 1 fully saturated rings. The maximum atomic E-state index is 11.9. The Balaban J connectivity index is 1.59. The van der Waals surface area contributed by atoms with Crippen LogP contribution in [-0.4, -0.2) is 23.7 Å². The number of aryl methyl sites for hydroxylation is 1. The number of phenolic OH excluding ortho intramolecular Hbond substituents is 1. The van der Waals surface area contributed by atoms with Gasteiger partial charge in [-0.3, -0.25) is 0 Å². The summed E-state index contributed by atoms with van der Waals surface area (Å²) >= 11 is 0. The molecule has 122 valence electrons. The summed E-state index contributed by atoms with van der Waals surface area (Å²) in [5, 5.41) is 15.3. The maximum Gasteiger partial charge on any atom is 0.315 e. The zero-order valence-electron chi connectivity index (χ0n) is 13.3. The second kappa shape index (κ2) is 9.34. The first-order chi connectivity index (χ1) is 10.7. The van der Waals surface area contributed by atoms with E-state index in [9.17, 15) is 9.90 Å². The van der Waals surface area contributed by atoms with Crippen LogP contribution < -0.4 is 10.6 Å². The zero-order valence-corrected chi connectivity index (χ0v) is 13.3. The van der Waals surface area contributed by atoms with E-state index in [1.807, 2.05) is 12.1 Å². The van der Waals surface area contributed by atoms with Crippen LogP contribution in [0.1, 0.15) is 56.9 Å². The average Bonchev–Trinajstić information content (AvgIpc) is 2.48. The smallest absolute Gasteiger partial charge is 0.315 e. The molecule has 0 spiro atoms. The van der Waals surface area contributed by atoms with Gasteiger partial charge in [0.2, 0.25) is 0 Å². The Morgan fingerprint density at radius 1 is 1.05 bits per heavy atom. The Bertz CT molecular complexity index is 437. The molecule has 1 saturated carbocycles. The minimum atomic E-state index is -0.0312. The molecule has 4 nitrogen and oxygen atoms in total. The third-order valence-electron chi connectivity index (χ3n) is 4.30. The SMILES string of the molecule is O=C(NCCCc1ccc(O)cc1)NC1CCCCCCC1. The van der Waals surface area contributed by atoms with Crippen molar-refractivity contribution in [3.05, 3.63) is 29.8 Å². The summed E-state index contributed by atoms with van der Waals surface area (Å²) in [6.45, 7) is 0.680. The number of urea groups is 1. The quantitative estimate of drug-likeness (QED) is 0.726. The van der Waals surface area contributed by atoms with Crippen LogP contribution in [-0.2, 0) is 6.42 Å². The molecule has 0 aliphatic heterocycles. The molecule has 22 heavy (non-hydrogen) atoms. The first-order valence-corrected chi connectivity index (χ1v) is 8.56. The lowest BCUT2D eigenvalue weighted by molar-refractivity contribution is 0.234. The van der Waals surface area contributed by atoms with E-state index in [-0.39, 0.29) is 6.03 Å². The van der Waals surface area contributed by atoms with Crippen molar-refractivity contribution in [2.24, 2.45) is 0 Å². The summed E-state index contributed by atoms with van der Waals surface area (Å²) in [6, 6.07) is 7.55. The fourth-order valence-electron chi connectivity index (χ4n) is 2.99. The first kappa shape index (κ1) is 16.7. The molecule has 1 aromatic rings. The van der Waals surface area contributed by atoms with Crippen LogP contribution in [0, 0.1) is 0 Å². The number of amides is 2. The summed E-state index contributed by atoms with van der Waals surface area (Å²) in [7, 11) is 0. The minimum absolute atomic E-state index is 0.0312. The first-order valence-electron chi connectivity index (χ1n) is 8.56. The van der Waals surface area contributed by atoms with Crippen LogP contribution in [0.5, 0.6) is 5.75 Å². The summed E-state index contributed by atoms with van der Waals surface area (Å²) in [6.07, 6.45) is 10.4. The van der Waals surface area contributed by atoms with E-state index in [2.05, 4.69) is 10.6 Å². The molecule has 4 heteroatoms. The summed E-state index contributed by atoms with van der Waals surface area (Å²) < 4.78 is 0. The molecule has 0 bridgehead atoms. The number of nitrogens with one attached hydrogen (secondary N) is 2. The van der Waals surface area contributed by atoms with Gasteiger partial charge in [-0.05, 0) is 43.4 Å². The number of benzene rings is 1. The third-order valence-corrected chi connectivity index (χ3v) is 4.30. The van der Waals surface area contributed by atoms with Gasteiger partial charge >= 0.3 is 6.03 Å². The average molecular weight is 304 g/mol. The van der Waals surface area contributed by atoms with Crippen LogP contribution in [0.4, 0.5) is 4.79 Å². The third kappa shape index (κ3) is 6.37. The number of phenols is 1. The van der Waals surface area contributed by atoms with Gasteiger partial charge in [0.1, 0.15) is 5.75 Å². The highest BCUT2D eigenvalue weighted by Gasteiger charge is 2.13. The van der Waals surface area contributed by atoms with E-state index in [1.165, 1.54) is 37.7 Å². The number of rotatable bonds is 5. The standard InChI is InChI=1S/C18H28N2O2/c21-17-12-10-15(11-13-17)7-6-14-19-18(22)20-16-8-4-2-1-3-5-9-16/h10-13,16,21H,1-9,14H2,(H2,19,20,22). The van der Waals surface area contributed by atoms with Crippen molar-refractivity contribution in [3.8, 4) is 5.75 Å². The second-order valence-electron chi connectivity index (χ2n) is 6.21. The number of carbonyl (C=O) groups excluding carboxylic acids is 1. The Hall–Kier alpha value is -1.71. The molecule has 1 aliphatic carbocycles. The number of hydrogen-bond acceptors (Lipinski definition) is 2. The fraction of sp³-hybridized carbons (Fsp3) is 0.611. The molecule has 0 heterocycles. The highest BCUT2D eigenvalue weighted by molar-refractivity contribution is 5.74. The van der Waals surface area contributed by atoms with Crippen molar-refractivity contribution >= 4 is 6.03 Å². The summed E-state index contributed by atoms with van der Waals surface area (Å²) in [5.74, 6) is 0.292. The van der Waals surface area contributed by atoms with E-state index in [4.69, 9.17) is 0 Å². The van der Waals surface area contributed by atoms with Crippen molar-refractivity contribution in [2.75, 3.05) is 6.54 Å². The molecule has 2 rings (SSSR count). The summed E-state index contributed by atoms with van der Waals surface area (Å²) in [4.78, 5) is 11.9. The molecule has 3 N–H and O–H groups in total. The van der Waals surface area contributed by atoms with E-state index in [1.54, 1.807) is 12.1 Å². The van der Waals surface area contributed by atoms with Crippen LogP contribution in [0.25, 0.3) is 0 Å². The van der Waals surface area contributed by atoms with Gasteiger partial charge < -0.3 is 15.7 Å². The lowest BCUT2D eigenvalue weighted by atomic mass is 9.97. The Morgan fingerprint density at radius 3 is 2.36 bits per heavy atom. The van der Waals surface area contributed by atoms with Crippen molar-refractivity contribution < 1.29 is 9.90 Å². The minimum Gasteiger partial charge on any atom is -0.508 e. The molecular formula is C18H28N2O2. The predicted octanol–water partition coefficient (Wildman–Crippen LogP) is 3.74. The highest BCUT2D eigenvalue weighted by Crippen LogP contribution is 2.17. The molecule has 0 unspecified atom stereocenters. The topological polar surface area (TPSA) is 61.4 Å². The van der Waals surface area contributed by atoms with E-state index >= 15 is 0 Å². The highest BCUT2D eigenvalue weighted by atomic mass is 16.3. The van der Waals surface area contributed by atoms with Gasteiger partial charge in [-0.15, -0.1) is 0 Å². The van der Waals surface area contributed by atoms with Crippen LogP contribution >= 0.6 is 0 Å². The fourth-order valence-corrected chi connectivity index (χ4v) is 2.99. The Kier molecular flexibility index (Phi) is 7.07. The predicted molar refractivity (Wildman–Crippen MR) is 89.1 cm³/mol. The lowest BCUT2D eigenvalue weighted by Crippen LogP contribution is -2.42. The normalized spacial score (nSPS) is 16.5. The van der Waals surface area contributed by atoms with Gasteiger partial charge in [0.25, 0.3) is 0 Å². The molecule has 0 radical (unpaired) electrons. The molecule has 1 aliphatic rings. The number of carbonyl (C=O) groups is 1. The van der Waals surface area contributed by atoms with Gasteiger partial charge in [-0.1, -0.05) is 44.2 Å². The lowest BCUT2D eigenvalue weighted by Gasteiger charge is -2.21. The Labute approximate surface area is 133 Å². The molecule has 0 atom stereocenters. The molecular weight excluding hydrogens is 276 g/mol. The van der Waals surface area contributed by atoms with Crippen molar-refractivity contribution in [1.82, 2.24) is 10.6 Å². The summed E-state index contributed by atoms with van der Waals surface area (Å²) in [5.41, 5.74) is 1.18. The van der Waals surface area contributed by atoms with Gasteiger partial charge in [0.05, 0.1) is 0 Å². The van der Waals surface area contributed by atoms with Crippen LogP contribution in [0.2, 0.25) is 0 Å². The van der Waals surface area contributed by atoms with Crippen molar-refractivity contribution in [1.29, 1.82) is 0 Å². The molecule has 0 aromatic heterocycles. The second-order valence-corrected chi connectivity index (χ2v) is 6.21. The van der Waals surface area contributed by atoms with E-state index in [0.717, 1.165) is 25.7 Å². The van der Waals surface area contributed by atoms with Crippen molar-refractivity contribution in [2.45, 2.75) is 63.8 Å². The van der Waals surface area contributed by atoms with E-state index in [0.29, 0.717) is 18.3 Å². The molecule has 0 saturated heterocycles. The number of aromatic hydroxyl groups is 1. The van der Waals surface area contributed by atoms with Crippen molar-refractivity contribution in [3.63, 3.8) is 0 Å². The van der Waals surface area contributed by atoms with E-state index < -0.39 is 0 Å². The zero-order chi connectivity index (χ0) is 15.6. The number of hydrogen-bond donors (Lipinski definition) is 3.